The molecule has 0 bridgehead atoms. The van der Waals surface area contributed by atoms with E-state index in [-0.39, 0.29) is 5.91 Å². The molecule has 2 aromatic carbocycles. The van der Waals surface area contributed by atoms with Crippen LogP contribution in [-0.4, -0.2) is 24.7 Å². The number of fused-ring (bicyclic) bond motifs is 1. The molecule has 22 heavy (non-hydrogen) atoms. The number of methoxy groups -OCH3 is 1. The Balaban J connectivity index is 1.95. The average molecular weight is 297 g/mol. The number of aliphatic hydroxyl groups is 1. The van der Waals surface area contributed by atoms with Crippen molar-refractivity contribution in [2.45, 2.75) is 19.4 Å². The van der Waals surface area contributed by atoms with Crippen LogP contribution in [-0.2, 0) is 0 Å². The molecule has 1 heterocycles. The normalized spacial score (nSPS) is 17.0. The van der Waals surface area contributed by atoms with Crippen LogP contribution < -0.4 is 9.64 Å². The summed E-state index contributed by atoms with van der Waals surface area (Å²) in [7, 11) is 1.60. The molecular formula is C18H19NO3. The van der Waals surface area contributed by atoms with E-state index in [0.29, 0.717) is 18.5 Å². The summed E-state index contributed by atoms with van der Waals surface area (Å²) >= 11 is 0. The first-order valence-electron chi connectivity index (χ1n) is 7.34. The molecule has 0 saturated carbocycles. The highest BCUT2D eigenvalue weighted by Crippen LogP contribution is 2.35. The molecular weight excluding hydrogens is 278 g/mol. The number of amides is 1. The van der Waals surface area contributed by atoms with E-state index in [9.17, 15) is 9.90 Å². The Morgan fingerprint density at radius 2 is 1.95 bits per heavy atom. The first-order valence-corrected chi connectivity index (χ1v) is 7.34. The van der Waals surface area contributed by atoms with Gasteiger partial charge in [-0.15, -0.1) is 0 Å². The van der Waals surface area contributed by atoms with Gasteiger partial charge in [-0.2, -0.15) is 0 Å². The fourth-order valence-corrected chi connectivity index (χ4v) is 2.81. The van der Waals surface area contributed by atoms with Crippen molar-refractivity contribution >= 4 is 11.6 Å². The molecule has 1 unspecified atom stereocenters. The van der Waals surface area contributed by atoms with Gasteiger partial charge in [0.25, 0.3) is 5.91 Å². The second kappa shape index (κ2) is 5.81. The lowest BCUT2D eigenvalue weighted by Gasteiger charge is -2.32. The van der Waals surface area contributed by atoms with Gasteiger partial charge in [0.15, 0.2) is 0 Å². The molecule has 4 nitrogen and oxygen atoms in total. The molecule has 114 valence electrons. The van der Waals surface area contributed by atoms with Crippen LogP contribution in [0.3, 0.4) is 0 Å². The first-order chi connectivity index (χ1) is 10.6. The summed E-state index contributed by atoms with van der Waals surface area (Å²) in [5.74, 6) is 0.668. The molecule has 2 aromatic rings. The zero-order chi connectivity index (χ0) is 15.7. The van der Waals surface area contributed by atoms with Crippen LogP contribution in [0, 0.1) is 6.92 Å². The predicted octanol–water partition coefficient (Wildman–Crippen LogP) is 3.09. The first kappa shape index (κ1) is 14.6. The minimum Gasteiger partial charge on any atom is -0.497 e. The lowest BCUT2D eigenvalue weighted by Crippen LogP contribution is -2.36. The van der Waals surface area contributed by atoms with Gasteiger partial charge in [-0.25, -0.2) is 0 Å². The molecule has 1 atom stereocenters. The SMILES string of the molecule is COc1ccc(C(=O)N2CCC(O)c3cc(C)ccc32)cc1. The molecule has 4 heteroatoms. The number of carbonyl (C=O) groups excluding carboxylic acids is 1. The van der Waals surface area contributed by atoms with Gasteiger partial charge in [0.1, 0.15) is 5.75 Å². The zero-order valence-electron chi connectivity index (χ0n) is 12.7. The molecule has 0 saturated heterocycles. The molecule has 1 aliphatic rings. The molecule has 1 amide bonds. The van der Waals surface area contributed by atoms with Crippen LogP contribution in [0.2, 0.25) is 0 Å². The van der Waals surface area contributed by atoms with Gasteiger partial charge in [-0.05, 0) is 43.7 Å². The van der Waals surface area contributed by atoms with Crippen LogP contribution in [0.25, 0.3) is 0 Å². The standard InChI is InChI=1S/C18H19NO3/c1-12-3-8-16-15(11-12)17(20)9-10-19(16)18(21)13-4-6-14(22-2)7-5-13/h3-8,11,17,20H,9-10H2,1-2H3. The minimum atomic E-state index is -0.505. The van der Waals surface area contributed by atoms with Crippen LogP contribution in [0.1, 0.15) is 34.0 Å². The topological polar surface area (TPSA) is 49.8 Å². The Labute approximate surface area is 130 Å². The maximum Gasteiger partial charge on any atom is 0.258 e. The van der Waals surface area contributed by atoms with Gasteiger partial charge < -0.3 is 14.7 Å². The van der Waals surface area contributed by atoms with Gasteiger partial charge >= 0.3 is 0 Å². The molecule has 1 N–H and O–H groups in total. The molecule has 0 aliphatic carbocycles. The monoisotopic (exact) mass is 297 g/mol. The van der Waals surface area contributed by atoms with Crippen LogP contribution in [0.5, 0.6) is 5.75 Å². The number of aliphatic hydroxyl groups excluding tert-OH is 1. The summed E-state index contributed by atoms with van der Waals surface area (Å²) in [6.07, 6.45) is 0.0491. The van der Waals surface area contributed by atoms with E-state index < -0.39 is 6.10 Å². The van der Waals surface area contributed by atoms with Crippen molar-refractivity contribution in [3.05, 3.63) is 59.2 Å². The van der Waals surface area contributed by atoms with Crippen molar-refractivity contribution in [3.63, 3.8) is 0 Å². The predicted molar refractivity (Wildman–Crippen MR) is 85.4 cm³/mol. The van der Waals surface area contributed by atoms with Gasteiger partial charge in [0.2, 0.25) is 0 Å². The van der Waals surface area contributed by atoms with E-state index >= 15 is 0 Å². The third-order valence-corrected chi connectivity index (χ3v) is 4.04. The summed E-state index contributed by atoms with van der Waals surface area (Å²) in [5, 5.41) is 10.2. The van der Waals surface area contributed by atoms with E-state index in [4.69, 9.17) is 4.74 Å². The lowest BCUT2D eigenvalue weighted by molar-refractivity contribution is 0.0970. The summed E-state index contributed by atoms with van der Waals surface area (Å²) in [4.78, 5) is 14.5. The highest BCUT2D eigenvalue weighted by Gasteiger charge is 2.28. The number of anilines is 1. The average Bonchev–Trinajstić information content (AvgIpc) is 2.55. The van der Waals surface area contributed by atoms with Crippen LogP contribution in [0.4, 0.5) is 5.69 Å². The number of nitrogens with zero attached hydrogens (tertiary/aromatic N) is 1. The number of hydrogen-bond acceptors (Lipinski definition) is 3. The highest BCUT2D eigenvalue weighted by atomic mass is 16.5. The van der Waals surface area contributed by atoms with Crippen molar-refractivity contribution in [2.24, 2.45) is 0 Å². The third-order valence-electron chi connectivity index (χ3n) is 4.04. The third kappa shape index (κ3) is 2.57. The van der Waals surface area contributed by atoms with E-state index in [2.05, 4.69) is 0 Å². The maximum absolute atomic E-state index is 12.8. The van der Waals surface area contributed by atoms with Crippen LogP contribution in [0.15, 0.2) is 42.5 Å². The fraction of sp³-hybridized carbons (Fsp3) is 0.278. The van der Waals surface area contributed by atoms with Crippen molar-refractivity contribution in [2.75, 3.05) is 18.6 Å². The largest absolute Gasteiger partial charge is 0.497 e. The Morgan fingerprint density at radius 3 is 2.64 bits per heavy atom. The summed E-state index contributed by atoms with van der Waals surface area (Å²) < 4.78 is 5.12. The van der Waals surface area contributed by atoms with Crippen molar-refractivity contribution in [3.8, 4) is 5.75 Å². The number of carbonyl (C=O) groups is 1. The van der Waals surface area contributed by atoms with Gasteiger partial charge in [0, 0.05) is 23.4 Å². The second-order valence-electron chi connectivity index (χ2n) is 5.55. The van der Waals surface area contributed by atoms with Crippen LogP contribution >= 0.6 is 0 Å². The molecule has 0 aromatic heterocycles. The maximum atomic E-state index is 12.8. The Bertz CT molecular complexity index is 694. The summed E-state index contributed by atoms with van der Waals surface area (Å²) in [6.45, 7) is 2.50. The zero-order valence-corrected chi connectivity index (χ0v) is 12.7. The Kier molecular flexibility index (Phi) is 3.86. The summed E-state index contributed by atoms with van der Waals surface area (Å²) in [6, 6.07) is 12.9. The second-order valence-corrected chi connectivity index (χ2v) is 5.55. The lowest BCUT2D eigenvalue weighted by atomic mass is 9.96. The van der Waals surface area contributed by atoms with Crippen molar-refractivity contribution in [1.82, 2.24) is 0 Å². The van der Waals surface area contributed by atoms with E-state index in [1.54, 1.807) is 36.3 Å². The van der Waals surface area contributed by atoms with Gasteiger partial charge in [0.05, 0.1) is 13.2 Å². The molecule has 0 fully saturated rings. The Morgan fingerprint density at radius 1 is 1.23 bits per heavy atom. The number of aryl methyl sites for hydroxylation is 1. The van der Waals surface area contributed by atoms with E-state index in [1.165, 1.54) is 0 Å². The molecule has 1 aliphatic heterocycles. The quantitative estimate of drug-likeness (QED) is 0.926. The highest BCUT2D eigenvalue weighted by molar-refractivity contribution is 6.06. The van der Waals surface area contributed by atoms with E-state index in [1.807, 2.05) is 25.1 Å². The molecule has 0 spiro atoms. The van der Waals surface area contributed by atoms with Gasteiger partial charge in [-0.1, -0.05) is 17.7 Å². The van der Waals surface area contributed by atoms with E-state index in [0.717, 1.165) is 22.6 Å². The van der Waals surface area contributed by atoms with Crippen molar-refractivity contribution < 1.29 is 14.6 Å². The number of hydrogen-bond donors (Lipinski definition) is 1. The number of ether oxygens (including phenoxy) is 1. The molecule has 3 rings (SSSR count). The number of rotatable bonds is 2. The Hall–Kier alpha value is -2.33. The van der Waals surface area contributed by atoms with Crippen molar-refractivity contribution in [1.29, 1.82) is 0 Å². The minimum absolute atomic E-state index is 0.0559. The van der Waals surface area contributed by atoms with Gasteiger partial charge in [-0.3, -0.25) is 4.79 Å². The smallest absolute Gasteiger partial charge is 0.258 e. The number of benzene rings is 2. The fourth-order valence-electron chi connectivity index (χ4n) is 2.81. The summed E-state index contributed by atoms with van der Waals surface area (Å²) in [5.41, 5.74) is 3.32. The molecule has 0 radical (unpaired) electrons.